The third-order valence-corrected chi connectivity index (χ3v) is 5.01. The molecule has 0 spiro atoms. The van der Waals surface area contributed by atoms with Gasteiger partial charge in [-0.15, -0.1) is 0 Å². The average molecular weight is 301 g/mol. The van der Waals surface area contributed by atoms with Crippen LogP contribution < -0.4 is 5.73 Å². The first-order chi connectivity index (χ1) is 9.89. The first-order valence-corrected chi connectivity index (χ1v) is 7.91. The van der Waals surface area contributed by atoms with E-state index < -0.39 is 10.0 Å². The lowest BCUT2D eigenvalue weighted by molar-refractivity contribution is 0.582. The predicted octanol–water partition coefficient (Wildman–Crippen LogP) is 2.47. The second-order valence-corrected chi connectivity index (χ2v) is 6.79. The number of anilines is 1. The van der Waals surface area contributed by atoms with Gasteiger partial charge in [-0.1, -0.05) is 17.7 Å². The van der Waals surface area contributed by atoms with Crippen molar-refractivity contribution in [1.29, 1.82) is 0 Å². The molecule has 3 rings (SSSR count). The second kappa shape index (κ2) is 4.60. The fourth-order valence-corrected chi connectivity index (χ4v) is 3.57. The van der Waals surface area contributed by atoms with Gasteiger partial charge < -0.3 is 5.73 Å². The van der Waals surface area contributed by atoms with Crippen molar-refractivity contribution in [2.45, 2.75) is 18.7 Å². The molecule has 0 fully saturated rings. The van der Waals surface area contributed by atoms with Crippen molar-refractivity contribution in [3.63, 3.8) is 0 Å². The van der Waals surface area contributed by atoms with Gasteiger partial charge in [0.2, 0.25) is 0 Å². The minimum atomic E-state index is -3.73. The highest BCUT2D eigenvalue weighted by Crippen LogP contribution is 2.25. The Morgan fingerprint density at radius 3 is 2.38 bits per heavy atom. The van der Waals surface area contributed by atoms with Crippen LogP contribution in [0.15, 0.2) is 47.4 Å². The molecule has 2 aromatic carbocycles. The first kappa shape index (κ1) is 13.6. The van der Waals surface area contributed by atoms with Crippen molar-refractivity contribution in [3.05, 3.63) is 53.7 Å². The van der Waals surface area contributed by atoms with E-state index in [1.807, 2.05) is 6.92 Å². The molecular weight excluding hydrogens is 286 g/mol. The molecule has 21 heavy (non-hydrogen) atoms. The Bertz CT molecular complexity index is 925. The lowest BCUT2D eigenvalue weighted by atomic mass is 10.2. The van der Waals surface area contributed by atoms with Gasteiger partial charge in [0, 0.05) is 11.1 Å². The van der Waals surface area contributed by atoms with Crippen molar-refractivity contribution >= 4 is 26.6 Å². The van der Waals surface area contributed by atoms with E-state index in [0.29, 0.717) is 16.9 Å². The molecule has 0 saturated heterocycles. The number of nitrogen functional groups attached to an aromatic ring is 1. The molecule has 0 saturated carbocycles. The molecule has 0 radical (unpaired) electrons. The van der Waals surface area contributed by atoms with E-state index in [1.165, 1.54) is 0 Å². The number of rotatable bonds is 2. The number of nitrogens with two attached hydrogens (primary N) is 1. The fraction of sp³-hybridized carbons (Fsp3) is 0.133. The molecule has 0 amide bonds. The molecular formula is C15H15N3O2S. The van der Waals surface area contributed by atoms with Gasteiger partial charge in [-0.25, -0.2) is 0 Å². The minimum absolute atomic E-state index is 0.208. The fourth-order valence-electron chi connectivity index (χ4n) is 2.25. The number of fused-ring (bicyclic) bond motifs is 1. The van der Waals surface area contributed by atoms with E-state index in [1.54, 1.807) is 49.4 Å². The topological polar surface area (TPSA) is 78.0 Å². The average Bonchev–Trinajstić information content (AvgIpc) is 2.76. The summed E-state index contributed by atoms with van der Waals surface area (Å²) in [5.41, 5.74) is 8.42. The first-order valence-electron chi connectivity index (χ1n) is 6.47. The summed E-state index contributed by atoms with van der Waals surface area (Å²) in [7, 11) is -3.73. The molecule has 3 aromatic rings. The molecule has 5 nitrogen and oxygen atoms in total. The van der Waals surface area contributed by atoms with E-state index in [-0.39, 0.29) is 4.90 Å². The van der Waals surface area contributed by atoms with E-state index in [0.717, 1.165) is 15.0 Å². The van der Waals surface area contributed by atoms with Crippen molar-refractivity contribution in [3.8, 4) is 0 Å². The normalized spacial score (nSPS) is 11.9. The van der Waals surface area contributed by atoms with Crippen LogP contribution in [0.1, 0.15) is 11.3 Å². The van der Waals surface area contributed by atoms with Crippen LogP contribution in [0.25, 0.3) is 10.9 Å². The Hall–Kier alpha value is -2.34. The number of aromatic nitrogens is 2. The zero-order chi connectivity index (χ0) is 15.2. The van der Waals surface area contributed by atoms with E-state index in [2.05, 4.69) is 5.10 Å². The maximum absolute atomic E-state index is 12.7. The van der Waals surface area contributed by atoms with Gasteiger partial charge >= 0.3 is 0 Å². The Labute approximate surface area is 123 Å². The van der Waals surface area contributed by atoms with Crippen LogP contribution in [0.4, 0.5) is 5.69 Å². The summed E-state index contributed by atoms with van der Waals surface area (Å²) in [4.78, 5) is 0.208. The van der Waals surface area contributed by atoms with Crippen LogP contribution in [0.2, 0.25) is 0 Å². The SMILES string of the molecule is Cc1ccc(S(=O)(=O)n2nc(C)c3ccc(N)cc32)cc1. The molecule has 2 N–H and O–H groups in total. The molecule has 108 valence electrons. The van der Waals surface area contributed by atoms with Crippen LogP contribution in [-0.4, -0.2) is 17.6 Å². The molecule has 0 bridgehead atoms. The van der Waals surface area contributed by atoms with Gasteiger partial charge in [-0.3, -0.25) is 0 Å². The number of hydrogen-bond donors (Lipinski definition) is 1. The highest BCUT2D eigenvalue weighted by molar-refractivity contribution is 7.90. The van der Waals surface area contributed by atoms with Gasteiger partial charge in [0.05, 0.1) is 16.1 Å². The molecule has 0 aliphatic rings. The summed E-state index contributed by atoms with van der Waals surface area (Å²) in [6, 6.07) is 11.8. The van der Waals surface area contributed by atoms with Gasteiger partial charge in [0.25, 0.3) is 10.0 Å². The zero-order valence-corrected chi connectivity index (χ0v) is 12.6. The lowest BCUT2D eigenvalue weighted by Gasteiger charge is -2.06. The van der Waals surface area contributed by atoms with Crippen LogP contribution in [0.5, 0.6) is 0 Å². The number of hydrogen-bond acceptors (Lipinski definition) is 4. The van der Waals surface area contributed by atoms with Crippen LogP contribution in [0.3, 0.4) is 0 Å². The third kappa shape index (κ3) is 2.17. The molecule has 0 atom stereocenters. The van der Waals surface area contributed by atoms with Crippen LogP contribution >= 0.6 is 0 Å². The number of nitrogens with zero attached hydrogens (tertiary/aromatic N) is 2. The largest absolute Gasteiger partial charge is 0.399 e. The summed E-state index contributed by atoms with van der Waals surface area (Å²) in [5, 5.41) is 4.95. The molecule has 0 aliphatic heterocycles. The van der Waals surface area contributed by atoms with Gasteiger partial charge in [0.1, 0.15) is 0 Å². The van der Waals surface area contributed by atoms with Gasteiger partial charge in [-0.2, -0.15) is 17.6 Å². The van der Waals surface area contributed by atoms with Crippen molar-refractivity contribution in [2.24, 2.45) is 0 Å². The lowest BCUT2D eigenvalue weighted by Crippen LogP contribution is -2.14. The number of benzene rings is 2. The van der Waals surface area contributed by atoms with Gasteiger partial charge in [0.15, 0.2) is 0 Å². The molecule has 1 aromatic heterocycles. The van der Waals surface area contributed by atoms with Crippen LogP contribution in [-0.2, 0) is 10.0 Å². The smallest absolute Gasteiger partial charge is 0.283 e. The highest BCUT2D eigenvalue weighted by atomic mass is 32.2. The summed E-state index contributed by atoms with van der Waals surface area (Å²) < 4.78 is 26.5. The zero-order valence-electron chi connectivity index (χ0n) is 11.7. The Morgan fingerprint density at radius 2 is 1.71 bits per heavy atom. The molecule has 0 aliphatic carbocycles. The van der Waals surface area contributed by atoms with Gasteiger partial charge in [-0.05, 0) is 44.2 Å². The summed E-state index contributed by atoms with van der Waals surface area (Å²) in [5.74, 6) is 0. The summed E-state index contributed by atoms with van der Waals surface area (Å²) in [6.45, 7) is 3.68. The second-order valence-electron chi connectivity index (χ2n) is 5.02. The van der Waals surface area contributed by atoms with Crippen molar-refractivity contribution < 1.29 is 8.42 Å². The molecule has 6 heteroatoms. The van der Waals surface area contributed by atoms with Crippen molar-refractivity contribution in [2.75, 3.05) is 5.73 Å². The van der Waals surface area contributed by atoms with E-state index in [4.69, 9.17) is 5.73 Å². The third-order valence-electron chi connectivity index (χ3n) is 3.40. The van der Waals surface area contributed by atoms with E-state index >= 15 is 0 Å². The molecule has 1 heterocycles. The highest BCUT2D eigenvalue weighted by Gasteiger charge is 2.21. The predicted molar refractivity (Wildman–Crippen MR) is 82.6 cm³/mol. The maximum atomic E-state index is 12.7. The monoisotopic (exact) mass is 301 g/mol. The standard InChI is InChI=1S/C15H15N3O2S/c1-10-3-6-13(7-4-10)21(19,20)18-15-9-12(16)5-8-14(15)11(2)17-18/h3-9H,16H2,1-2H3. The van der Waals surface area contributed by atoms with Crippen LogP contribution in [0, 0.1) is 13.8 Å². The van der Waals surface area contributed by atoms with E-state index in [9.17, 15) is 8.42 Å². The quantitative estimate of drug-likeness (QED) is 0.738. The van der Waals surface area contributed by atoms with Crippen molar-refractivity contribution in [1.82, 2.24) is 9.19 Å². The molecule has 0 unspecified atom stereocenters. The number of aryl methyl sites for hydroxylation is 2. The Kier molecular flexibility index (Phi) is 2.98. The Balaban J connectivity index is 2.28. The maximum Gasteiger partial charge on any atom is 0.283 e. The summed E-state index contributed by atoms with van der Waals surface area (Å²) >= 11 is 0. The Morgan fingerprint density at radius 1 is 1.05 bits per heavy atom. The summed E-state index contributed by atoms with van der Waals surface area (Å²) in [6.07, 6.45) is 0. The minimum Gasteiger partial charge on any atom is -0.399 e.